The van der Waals surface area contributed by atoms with Crippen LogP contribution in [0, 0.1) is 11.8 Å². The lowest BCUT2D eigenvalue weighted by atomic mass is 9.96. The Balaban J connectivity index is 2.21. The van der Waals surface area contributed by atoms with Gasteiger partial charge in [0.15, 0.2) is 0 Å². The molecule has 1 unspecified atom stereocenters. The number of rotatable bonds is 6. The molecule has 0 bridgehead atoms. The average Bonchev–Trinajstić information content (AvgIpc) is 2.81. The van der Waals surface area contributed by atoms with Crippen LogP contribution in [0.1, 0.15) is 40.0 Å². The maximum Gasteiger partial charge on any atom is 0.0283 e. The van der Waals surface area contributed by atoms with Gasteiger partial charge in [0.25, 0.3) is 0 Å². The number of hydrogen-bond acceptors (Lipinski definition) is 2. The van der Waals surface area contributed by atoms with Gasteiger partial charge in [-0.2, -0.15) is 0 Å². The van der Waals surface area contributed by atoms with E-state index in [1.54, 1.807) is 0 Å². The van der Waals surface area contributed by atoms with Gasteiger partial charge in [-0.05, 0) is 51.6 Å². The molecule has 1 aliphatic carbocycles. The van der Waals surface area contributed by atoms with E-state index in [2.05, 4.69) is 32.7 Å². The minimum Gasteiger partial charge on any atom is -0.324 e. The summed E-state index contributed by atoms with van der Waals surface area (Å²) in [7, 11) is 2.19. The van der Waals surface area contributed by atoms with E-state index >= 15 is 0 Å². The van der Waals surface area contributed by atoms with Crippen LogP contribution in [0.2, 0.25) is 0 Å². The third kappa shape index (κ3) is 3.97. The predicted octanol–water partition coefficient (Wildman–Crippen LogP) is 2.09. The molecule has 1 atom stereocenters. The van der Waals surface area contributed by atoms with Crippen LogP contribution in [0.5, 0.6) is 0 Å². The molecule has 0 saturated heterocycles. The Labute approximate surface area is 88.8 Å². The highest BCUT2D eigenvalue weighted by Crippen LogP contribution is 2.38. The minimum atomic E-state index is 0.0474. The number of nitrogens with two attached hydrogens (primary N) is 1. The Kier molecular flexibility index (Phi) is 3.96. The standard InChI is InChI=1S/C12H26N2/c1-10(2)7-8-14(4)9-12(3,13)11-5-6-11/h10-11H,5-9,13H2,1-4H3. The Bertz CT molecular complexity index is 171. The van der Waals surface area contributed by atoms with Crippen LogP contribution in [0.25, 0.3) is 0 Å². The third-order valence-electron chi connectivity index (χ3n) is 3.21. The molecular formula is C12H26N2. The lowest BCUT2D eigenvalue weighted by molar-refractivity contribution is 0.228. The van der Waals surface area contributed by atoms with E-state index in [1.165, 1.54) is 25.8 Å². The van der Waals surface area contributed by atoms with Crippen molar-refractivity contribution in [2.45, 2.75) is 45.6 Å². The molecule has 0 spiro atoms. The van der Waals surface area contributed by atoms with Gasteiger partial charge in [-0.25, -0.2) is 0 Å². The van der Waals surface area contributed by atoms with Crippen LogP contribution in [0.4, 0.5) is 0 Å². The zero-order chi connectivity index (χ0) is 10.8. The van der Waals surface area contributed by atoms with E-state index in [9.17, 15) is 0 Å². The van der Waals surface area contributed by atoms with Gasteiger partial charge in [0.1, 0.15) is 0 Å². The molecular weight excluding hydrogens is 172 g/mol. The molecule has 84 valence electrons. The van der Waals surface area contributed by atoms with Crippen molar-refractivity contribution < 1.29 is 0 Å². The third-order valence-corrected chi connectivity index (χ3v) is 3.21. The van der Waals surface area contributed by atoms with Crippen LogP contribution in [0.3, 0.4) is 0 Å². The van der Waals surface area contributed by atoms with Crippen LogP contribution in [-0.4, -0.2) is 30.6 Å². The fourth-order valence-electron chi connectivity index (χ4n) is 2.01. The Morgan fingerprint density at radius 3 is 2.43 bits per heavy atom. The van der Waals surface area contributed by atoms with Gasteiger partial charge in [0, 0.05) is 12.1 Å². The first-order valence-electron chi connectivity index (χ1n) is 5.89. The van der Waals surface area contributed by atoms with Crippen molar-refractivity contribution in [3.63, 3.8) is 0 Å². The second-order valence-corrected chi connectivity index (χ2v) is 5.70. The zero-order valence-corrected chi connectivity index (χ0v) is 10.2. The van der Waals surface area contributed by atoms with Crippen LogP contribution >= 0.6 is 0 Å². The average molecular weight is 198 g/mol. The molecule has 0 aromatic carbocycles. The molecule has 0 radical (unpaired) electrons. The lowest BCUT2D eigenvalue weighted by Gasteiger charge is -2.30. The summed E-state index contributed by atoms with van der Waals surface area (Å²) < 4.78 is 0. The summed E-state index contributed by atoms with van der Waals surface area (Å²) >= 11 is 0. The predicted molar refractivity (Wildman–Crippen MR) is 62.3 cm³/mol. The highest BCUT2D eigenvalue weighted by Gasteiger charge is 2.38. The molecule has 0 amide bonds. The highest BCUT2D eigenvalue weighted by atomic mass is 15.1. The smallest absolute Gasteiger partial charge is 0.0283 e. The maximum atomic E-state index is 6.29. The van der Waals surface area contributed by atoms with Gasteiger partial charge in [0.05, 0.1) is 0 Å². The van der Waals surface area contributed by atoms with Crippen LogP contribution in [-0.2, 0) is 0 Å². The van der Waals surface area contributed by atoms with E-state index in [0.29, 0.717) is 0 Å². The maximum absolute atomic E-state index is 6.29. The van der Waals surface area contributed by atoms with E-state index in [1.807, 2.05) is 0 Å². The van der Waals surface area contributed by atoms with Crippen LogP contribution in [0.15, 0.2) is 0 Å². The van der Waals surface area contributed by atoms with E-state index < -0.39 is 0 Å². The molecule has 1 saturated carbocycles. The lowest BCUT2D eigenvalue weighted by Crippen LogP contribution is -2.48. The van der Waals surface area contributed by atoms with Crippen molar-refractivity contribution in [3.8, 4) is 0 Å². The van der Waals surface area contributed by atoms with Gasteiger partial charge in [0.2, 0.25) is 0 Å². The normalized spacial score (nSPS) is 21.6. The Morgan fingerprint density at radius 2 is 2.00 bits per heavy atom. The summed E-state index contributed by atoms with van der Waals surface area (Å²) in [6.07, 6.45) is 3.95. The summed E-state index contributed by atoms with van der Waals surface area (Å²) in [5, 5.41) is 0. The summed E-state index contributed by atoms with van der Waals surface area (Å²) in [5.41, 5.74) is 6.34. The van der Waals surface area contributed by atoms with Crippen molar-refractivity contribution in [3.05, 3.63) is 0 Å². The number of nitrogens with zero attached hydrogens (tertiary/aromatic N) is 1. The molecule has 0 aromatic rings. The fraction of sp³-hybridized carbons (Fsp3) is 1.00. The SMILES string of the molecule is CC(C)CCN(C)CC(C)(N)C1CC1. The molecule has 0 aromatic heterocycles. The van der Waals surface area contributed by atoms with Crippen molar-refractivity contribution >= 4 is 0 Å². The molecule has 1 rings (SSSR count). The molecule has 2 nitrogen and oxygen atoms in total. The van der Waals surface area contributed by atoms with Crippen molar-refractivity contribution in [2.75, 3.05) is 20.1 Å². The Morgan fingerprint density at radius 1 is 1.43 bits per heavy atom. The highest BCUT2D eigenvalue weighted by molar-refractivity contribution is 4.96. The summed E-state index contributed by atoms with van der Waals surface area (Å²) in [5.74, 6) is 1.58. The van der Waals surface area contributed by atoms with Gasteiger partial charge in [-0.15, -0.1) is 0 Å². The van der Waals surface area contributed by atoms with Crippen LogP contribution < -0.4 is 5.73 Å². The molecule has 2 heteroatoms. The van der Waals surface area contributed by atoms with Gasteiger partial charge in [-0.1, -0.05) is 13.8 Å². The van der Waals surface area contributed by atoms with Crippen molar-refractivity contribution in [2.24, 2.45) is 17.6 Å². The second kappa shape index (κ2) is 4.63. The van der Waals surface area contributed by atoms with Crippen molar-refractivity contribution in [1.29, 1.82) is 0 Å². The second-order valence-electron chi connectivity index (χ2n) is 5.70. The van der Waals surface area contributed by atoms with E-state index in [-0.39, 0.29) is 5.54 Å². The number of hydrogen-bond donors (Lipinski definition) is 1. The summed E-state index contributed by atoms with van der Waals surface area (Å²) in [6, 6.07) is 0. The van der Waals surface area contributed by atoms with E-state index in [0.717, 1.165) is 18.4 Å². The largest absolute Gasteiger partial charge is 0.324 e. The summed E-state index contributed by atoms with van der Waals surface area (Å²) in [4.78, 5) is 2.39. The molecule has 1 aliphatic rings. The first-order valence-corrected chi connectivity index (χ1v) is 5.89. The fourth-order valence-corrected chi connectivity index (χ4v) is 2.01. The molecule has 14 heavy (non-hydrogen) atoms. The summed E-state index contributed by atoms with van der Waals surface area (Å²) in [6.45, 7) is 8.98. The molecule has 0 heterocycles. The molecule has 0 aliphatic heterocycles. The van der Waals surface area contributed by atoms with Gasteiger partial charge in [-0.3, -0.25) is 0 Å². The van der Waals surface area contributed by atoms with Gasteiger partial charge >= 0.3 is 0 Å². The topological polar surface area (TPSA) is 29.3 Å². The minimum absolute atomic E-state index is 0.0474. The molecule has 2 N–H and O–H groups in total. The number of likely N-dealkylation sites (N-methyl/N-ethyl adjacent to an activating group) is 1. The first-order chi connectivity index (χ1) is 6.42. The van der Waals surface area contributed by atoms with Crippen molar-refractivity contribution in [1.82, 2.24) is 4.90 Å². The van der Waals surface area contributed by atoms with E-state index in [4.69, 9.17) is 5.73 Å². The zero-order valence-electron chi connectivity index (χ0n) is 10.2. The van der Waals surface area contributed by atoms with Gasteiger partial charge < -0.3 is 10.6 Å². The monoisotopic (exact) mass is 198 g/mol. The first kappa shape index (κ1) is 12.0. The Hall–Kier alpha value is -0.0800. The molecule has 1 fully saturated rings. The quantitative estimate of drug-likeness (QED) is 0.708.